The van der Waals surface area contributed by atoms with E-state index in [1.54, 1.807) is 38.2 Å². The Kier molecular flexibility index (Phi) is 4.16. The van der Waals surface area contributed by atoms with Gasteiger partial charge < -0.3 is 14.6 Å². The third kappa shape index (κ3) is 3.34. The first-order valence-electron chi connectivity index (χ1n) is 6.63. The topological polar surface area (TPSA) is 73.5 Å². The molecule has 0 fully saturated rings. The summed E-state index contributed by atoms with van der Waals surface area (Å²) in [5, 5.41) is 2.67. The number of benzene rings is 1. The molecule has 1 aromatic heterocycles. The van der Waals surface area contributed by atoms with Crippen LogP contribution >= 0.6 is 0 Å². The number of hydrogen-bond acceptors (Lipinski definition) is 4. The molecule has 0 aliphatic carbocycles. The largest absolute Gasteiger partial charge is 0.491 e. The smallest absolute Gasteiger partial charge is 0.370 e. The predicted molar refractivity (Wildman–Crippen MR) is 78.8 cm³/mol. The maximum atomic E-state index is 12.1. The van der Waals surface area contributed by atoms with Crippen molar-refractivity contribution < 1.29 is 14.1 Å². The summed E-state index contributed by atoms with van der Waals surface area (Å²) in [7, 11) is 1.57. The number of carbonyl (C=O) groups is 1. The summed E-state index contributed by atoms with van der Waals surface area (Å²) >= 11 is 0. The van der Waals surface area contributed by atoms with E-state index in [9.17, 15) is 9.59 Å². The van der Waals surface area contributed by atoms with Crippen molar-refractivity contribution in [1.29, 1.82) is 0 Å². The van der Waals surface area contributed by atoms with Crippen LogP contribution in [-0.2, 0) is 7.05 Å². The van der Waals surface area contributed by atoms with Crippen LogP contribution in [0.4, 0.5) is 5.69 Å². The van der Waals surface area contributed by atoms with Crippen LogP contribution in [0.15, 0.2) is 33.6 Å². The van der Waals surface area contributed by atoms with Gasteiger partial charge in [-0.3, -0.25) is 4.79 Å². The number of amides is 1. The monoisotopic (exact) mass is 290 g/mol. The highest BCUT2D eigenvalue weighted by Gasteiger charge is 2.19. The first kappa shape index (κ1) is 14.9. The molecule has 0 unspecified atom stereocenters. The highest BCUT2D eigenvalue weighted by molar-refractivity contribution is 6.04. The second-order valence-corrected chi connectivity index (χ2v) is 4.98. The molecular formula is C15H18N2O4. The first-order valence-corrected chi connectivity index (χ1v) is 6.63. The van der Waals surface area contributed by atoms with E-state index in [0.717, 1.165) is 5.75 Å². The average molecular weight is 290 g/mol. The van der Waals surface area contributed by atoms with Gasteiger partial charge in [-0.15, -0.1) is 0 Å². The zero-order valence-corrected chi connectivity index (χ0v) is 12.5. The SMILES string of the molecule is Cc1c(C(=O)Nc2ccc(OC(C)C)cc2)c(=O)on1C. The molecule has 1 aromatic carbocycles. The van der Waals surface area contributed by atoms with E-state index in [1.165, 1.54) is 4.74 Å². The Hall–Kier alpha value is -2.50. The van der Waals surface area contributed by atoms with E-state index in [2.05, 4.69) is 5.32 Å². The molecule has 0 bridgehead atoms. The Labute approximate surface area is 122 Å². The van der Waals surface area contributed by atoms with Crippen molar-refractivity contribution >= 4 is 11.6 Å². The zero-order chi connectivity index (χ0) is 15.6. The van der Waals surface area contributed by atoms with Crippen molar-refractivity contribution in [2.45, 2.75) is 26.9 Å². The molecule has 2 rings (SSSR count). The van der Waals surface area contributed by atoms with Gasteiger partial charge in [0.1, 0.15) is 11.3 Å². The number of hydrogen-bond donors (Lipinski definition) is 1. The number of nitrogens with zero attached hydrogens (tertiary/aromatic N) is 1. The molecule has 1 heterocycles. The van der Waals surface area contributed by atoms with Crippen LogP contribution in [0.5, 0.6) is 5.75 Å². The molecule has 1 N–H and O–H groups in total. The molecule has 1 amide bonds. The maximum absolute atomic E-state index is 12.1. The number of rotatable bonds is 4. The minimum absolute atomic E-state index is 0.0139. The van der Waals surface area contributed by atoms with Gasteiger partial charge in [-0.1, -0.05) is 0 Å². The van der Waals surface area contributed by atoms with Crippen molar-refractivity contribution in [1.82, 2.24) is 4.74 Å². The number of anilines is 1. The highest BCUT2D eigenvalue weighted by Crippen LogP contribution is 2.17. The van der Waals surface area contributed by atoms with Crippen molar-refractivity contribution in [2.24, 2.45) is 7.05 Å². The van der Waals surface area contributed by atoms with Gasteiger partial charge in [-0.05, 0) is 45.0 Å². The first-order chi connectivity index (χ1) is 9.88. The molecule has 0 aliphatic heterocycles. The Morgan fingerprint density at radius 2 is 1.90 bits per heavy atom. The number of carbonyl (C=O) groups excluding carboxylic acids is 1. The third-order valence-corrected chi connectivity index (χ3v) is 2.97. The maximum Gasteiger partial charge on any atom is 0.370 e. The second kappa shape index (κ2) is 5.87. The fourth-order valence-corrected chi connectivity index (χ4v) is 1.88. The van der Waals surface area contributed by atoms with E-state index in [0.29, 0.717) is 11.4 Å². The lowest BCUT2D eigenvalue weighted by Crippen LogP contribution is -2.19. The van der Waals surface area contributed by atoms with Crippen LogP contribution < -0.4 is 15.7 Å². The molecule has 0 aliphatic rings. The molecule has 0 atom stereocenters. The minimum atomic E-state index is -0.646. The summed E-state index contributed by atoms with van der Waals surface area (Å²) in [5.74, 6) is 0.234. The molecule has 6 nitrogen and oxygen atoms in total. The fraction of sp³-hybridized carbons (Fsp3) is 0.333. The van der Waals surface area contributed by atoms with Gasteiger partial charge in [-0.2, -0.15) is 0 Å². The van der Waals surface area contributed by atoms with Gasteiger partial charge in [0.2, 0.25) is 0 Å². The minimum Gasteiger partial charge on any atom is -0.491 e. The van der Waals surface area contributed by atoms with Crippen LogP contribution in [0.3, 0.4) is 0 Å². The lowest BCUT2D eigenvalue weighted by atomic mass is 10.2. The summed E-state index contributed by atoms with van der Waals surface area (Å²) in [6.45, 7) is 5.53. The van der Waals surface area contributed by atoms with Gasteiger partial charge in [0.05, 0.1) is 11.8 Å². The zero-order valence-electron chi connectivity index (χ0n) is 12.5. The van der Waals surface area contributed by atoms with Crippen molar-refractivity contribution in [2.75, 3.05) is 5.32 Å². The summed E-state index contributed by atoms with van der Waals surface area (Å²) in [5.41, 5.74) is 0.434. The Bertz CT molecular complexity index is 695. The molecule has 0 radical (unpaired) electrons. The van der Waals surface area contributed by atoms with E-state index in [-0.39, 0.29) is 11.7 Å². The molecule has 0 saturated carbocycles. The molecule has 112 valence electrons. The summed E-state index contributed by atoms with van der Waals surface area (Å²) in [4.78, 5) is 23.7. The molecule has 21 heavy (non-hydrogen) atoms. The van der Waals surface area contributed by atoms with E-state index >= 15 is 0 Å². The van der Waals surface area contributed by atoms with Crippen LogP contribution in [-0.4, -0.2) is 16.8 Å². The van der Waals surface area contributed by atoms with Crippen LogP contribution in [0.1, 0.15) is 29.9 Å². The number of aromatic nitrogens is 1. The Balaban J connectivity index is 2.14. The molecule has 0 saturated heterocycles. The molecule has 6 heteroatoms. The van der Waals surface area contributed by atoms with E-state index in [1.807, 2.05) is 13.8 Å². The second-order valence-electron chi connectivity index (χ2n) is 4.98. The lowest BCUT2D eigenvalue weighted by Gasteiger charge is -2.10. The van der Waals surface area contributed by atoms with Crippen LogP contribution in [0, 0.1) is 6.92 Å². The van der Waals surface area contributed by atoms with Crippen molar-refractivity contribution in [3.8, 4) is 5.75 Å². The Morgan fingerprint density at radius 1 is 1.29 bits per heavy atom. The third-order valence-electron chi connectivity index (χ3n) is 2.97. The number of ether oxygens (including phenoxy) is 1. The highest BCUT2D eigenvalue weighted by atomic mass is 16.5. The van der Waals surface area contributed by atoms with Crippen molar-refractivity contribution in [3.05, 3.63) is 45.9 Å². The quantitative estimate of drug-likeness (QED) is 0.938. The predicted octanol–water partition coefficient (Wildman–Crippen LogP) is 2.33. The molecule has 2 aromatic rings. The van der Waals surface area contributed by atoms with Gasteiger partial charge >= 0.3 is 5.63 Å². The molecule has 0 spiro atoms. The molecular weight excluding hydrogens is 272 g/mol. The van der Waals surface area contributed by atoms with E-state index < -0.39 is 11.5 Å². The van der Waals surface area contributed by atoms with Crippen LogP contribution in [0.25, 0.3) is 0 Å². The van der Waals surface area contributed by atoms with Crippen LogP contribution in [0.2, 0.25) is 0 Å². The van der Waals surface area contributed by atoms with E-state index in [4.69, 9.17) is 9.26 Å². The van der Waals surface area contributed by atoms with Gasteiger partial charge in [0.15, 0.2) is 0 Å². The lowest BCUT2D eigenvalue weighted by molar-refractivity contribution is 0.102. The van der Waals surface area contributed by atoms with Gasteiger partial charge in [-0.25, -0.2) is 9.53 Å². The number of nitrogens with one attached hydrogen (secondary N) is 1. The standard InChI is InChI=1S/C15H18N2O4/c1-9(2)20-12-7-5-11(6-8-12)16-14(18)13-10(3)17(4)21-15(13)19/h5-9H,1-4H3,(H,16,18). The van der Waals surface area contributed by atoms with Gasteiger partial charge in [0.25, 0.3) is 5.91 Å². The average Bonchev–Trinajstić information content (AvgIpc) is 2.65. The Morgan fingerprint density at radius 3 is 2.38 bits per heavy atom. The summed E-state index contributed by atoms with van der Waals surface area (Å²) < 4.78 is 11.6. The van der Waals surface area contributed by atoms with Gasteiger partial charge in [0, 0.05) is 12.7 Å². The normalized spacial score (nSPS) is 10.7. The fourth-order valence-electron chi connectivity index (χ4n) is 1.88. The number of aryl methyl sites for hydroxylation is 1. The van der Waals surface area contributed by atoms with Crippen molar-refractivity contribution in [3.63, 3.8) is 0 Å². The summed E-state index contributed by atoms with van der Waals surface area (Å²) in [6.07, 6.45) is 0.0852. The summed E-state index contributed by atoms with van der Waals surface area (Å²) in [6, 6.07) is 6.96.